The average molecular weight is 628 g/mol. The smallest absolute Gasteiger partial charge is 0.267 e. The molecule has 0 radical (unpaired) electrons. The molecule has 1 aliphatic heterocycles. The summed E-state index contributed by atoms with van der Waals surface area (Å²) in [6.07, 6.45) is 4.86. The van der Waals surface area contributed by atoms with E-state index in [1.807, 2.05) is 74.4 Å². The van der Waals surface area contributed by atoms with Crippen LogP contribution in [-0.4, -0.2) is 48.8 Å². The maximum atomic E-state index is 13.6. The van der Waals surface area contributed by atoms with Crippen molar-refractivity contribution < 1.29 is 18.7 Å². The molecule has 1 saturated heterocycles. The van der Waals surface area contributed by atoms with E-state index in [0.29, 0.717) is 37.9 Å². The summed E-state index contributed by atoms with van der Waals surface area (Å²) in [6.45, 7) is 1.93. The Kier molecular flexibility index (Phi) is 9.83. The van der Waals surface area contributed by atoms with Gasteiger partial charge in [0.15, 0.2) is 11.8 Å². The summed E-state index contributed by atoms with van der Waals surface area (Å²) in [7, 11) is 3.95. The molecule has 0 spiro atoms. The van der Waals surface area contributed by atoms with E-state index < -0.39 is 0 Å². The van der Waals surface area contributed by atoms with E-state index in [9.17, 15) is 9.59 Å². The van der Waals surface area contributed by atoms with Gasteiger partial charge in [0.05, 0.1) is 23.9 Å². The maximum absolute atomic E-state index is 13.6. The van der Waals surface area contributed by atoms with E-state index in [4.69, 9.17) is 20.8 Å². The van der Waals surface area contributed by atoms with Gasteiger partial charge < -0.3 is 19.4 Å². The number of amides is 2. The highest BCUT2D eigenvalue weighted by molar-refractivity contribution is 8.18. The Morgan fingerprint density at radius 3 is 2.57 bits per heavy atom. The molecule has 1 N–H and O–H groups in total. The number of anilines is 2. The lowest BCUT2D eigenvalue weighted by molar-refractivity contribution is -0.122. The molecule has 3 aromatic carbocycles. The van der Waals surface area contributed by atoms with Crippen LogP contribution in [-0.2, 0) is 16.1 Å². The zero-order valence-electron chi connectivity index (χ0n) is 24.4. The number of hydrogen-bond acceptors (Lipinski definition) is 8. The number of rotatable bonds is 10. The second-order valence-corrected chi connectivity index (χ2v) is 11.5. The lowest BCUT2D eigenvalue weighted by atomic mass is 10.2. The molecule has 5 rings (SSSR count). The van der Waals surface area contributed by atoms with Gasteiger partial charge in [-0.15, -0.1) is 5.10 Å². The molecule has 0 aliphatic carbocycles. The SMILES string of the molecule is Cc1ccc(NC(=O)COc2ccc(Cl)cc2/C=C2\S/C(=N/N=C\c3ccc(N(C)C)cc3)N(Cc3ccco3)C2=O)cc1. The number of benzene rings is 3. The highest BCUT2D eigenvalue weighted by Crippen LogP contribution is 2.36. The summed E-state index contributed by atoms with van der Waals surface area (Å²) in [5.74, 6) is 0.403. The van der Waals surface area contributed by atoms with Crippen LogP contribution in [0.15, 0.2) is 105 Å². The van der Waals surface area contributed by atoms with E-state index in [-0.39, 0.29) is 25.0 Å². The number of halogens is 1. The first kappa shape index (κ1) is 30.7. The first-order valence-corrected chi connectivity index (χ1v) is 14.9. The Hall–Kier alpha value is -4.80. The Morgan fingerprint density at radius 2 is 1.86 bits per heavy atom. The minimum absolute atomic E-state index is 0.181. The third-order valence-corrected chi connectivity index (χ3v) is 7.73. The number of nitrogens with one attached hydrogen (secondary N) is 1. The molecule has 1 aliphatic rings. The molecule has 224 valence electrons. The second-order valence-electron chi connectivity index (χ2n) is 10.1. The van der Waals surface area contributed by atoms with Gasteiger partial charge in [-0.2, -0.15) is 5.10 Å². The van der Waals surface area contributed by atoms with Crippen molar-refractivity contribution >= 4 is 64.0 Å². The van der Waals surface area contributed by atoms with Gasteiger partial charge in [-0.05, 0) is 84.9 Å². The van der Waals surface area contributed by atoms with Gasteiger partial charge in [-0.3, -0.25) is 14.5 Å². The summed E-state index contributed by atoms with van der Waals surface area (Å²) in [5.41, 5.74) is 4.25. The summed E-state index contributed by atoms with van der Waals surface area (Å²) < 4.78 is 11.3. The first-order chi connectivity index (χ1) is 21.2. The molecule has 2 amide bonds. The van der Waals surface area contributed by atoms with E-state index in [0.717, 1.165) is 16.8 Å². The van der Waals surface area contributed by atoms with E-state index in [1.165, 1.54) is 16.7 Å². The fourth-order valence-corrected chi connectivity index (χ4v) is 5.27. The minimum Gasteiger partial charge on any atom is -0.483 e. The molecule has 1 aromatic heterocycles. The topological polar surface area (TPSA) is 99.7 Å². The van der Waals surface area contributed by atoms with Crippen molar-refractivity contribution in [2.75, 3.05) is 30.9 Å². The van der Waals surface area contributed by atoms with Gasteiger partial charge in [-0.25, -0.2) is 0 Å². The summed E-state index contributed by atoms with van der Waals surface area (Å²) >= 11 is 7.48. The molecule has 11 heteroatoms. The summed E-state index contributed by atoms with van der Waals surface area (Å²) in [6, 6.07) is 23.9. The van der Waals surface area contributed by atoms with Crippen molar-refractivity contribution in [1.29, 1.82) is 0 Å². The van der Waals surface area contributed by atoms with Gasteiger partial charge in [0, 0.05) is 36.1 Å². The quantitative estimate of drug-likeness (QED) is 0.118. The fourth-order valence-electron chi connectivity index (χ4n) is 4.17. The molecule has 0 bridgehead atoms. The number of ether oxygens (including phenoxy) is 1. The number of thioether (sulfide) groups is 1. The van der Waals surface area contributed by atoms with Gasteiger partial charge in [-0.1, -0.05) is 41.4 Å². The van der Waals surface area contributed by atoms with Gasteiger partial charge >= 0.3 is 0 Å². The van der Waals surface area contributed by atoms with Crippen LogP contribution < -0.4 is 15.0 Å². The van der Waals surface area contributed by atoms with Crippen LogP contribution in [0.4, 0.5) is 11.4 Å². The number of furan rings is 1. The standard InChI is InChI=1S/C33H30ClN5O4S/c1-22-6-11-26(12-7-22)36-31(40)21-43-29-15-10-25(34)17-24(29)18-30-32(41)39(20-28-5-4-16-42-28)33(44-30)37-35-19-23-8-13-27(14-9-23)38(2)3/h4-19H,20-21H2,1-3H3,(H,36,40)/b30-18-,35-19-,37-33+. The zero-order chi connectivity index (χ0) is 31.1. The molecule has 0 saturated carbocycles. The van der Waals surface area contributed by atoms with E-state index in [1.54, 1.807) is 48.9 Å². The van der Waals surface area contributed by atoms with Gasteiger partial charge in [0.2, 0.25) is 0 Å². The Balaban J connectivity index is 1.35. The van der Waals surface area contributed by atoms with Crippen LogP contribution in [0.25, 0.3) is 6.08 Å². The average Bonchev–Trinajstić information content (AvgIpc) is 3.62. The van der Waals surface area contributed by atoms with Crippen molar-refractivity contribution in [2.45, 2.75) is 13.5 Å². The van der Waals surface area contributed by atoms with Crippen molar-refractivity contribution in [2.24, 2.45) is 10.2 Å². The fraction of sp³-hybridized carbons (Fsp3) is 0.152. The molecule has 0 atom stereocenters. The molecule has 4 aromatic rings. The van der Waals surface area contributed by atoms with E-state index in [2.05, 4.69) is 15.5 Å². The normalized spacial score (nSPS) is 15.0. The van der Waals surface area contributed by atoms with E-state index >= 15 is 0 Å². The third kappa shape index (κ3) is 7.97. The Bertz CT molecular complexity index is 1720. The van der Waals surface area contributed by atoms with Gasteiger partial charge in [0.25, 0.3) is 11.8 Å². The van der Waals surface area contributed by atoms with Crippen LogP contribution in [0.3, 0.4) is 0 Å². The molecule has 1 fully saturated rings. The predicted octanol–water partition coefficient (Wildman–Crippen LogP) is 6.83. The number of amidine groups is 1. The molecular weight excluding hydrogens is 598 g/mol. The Labute approximate surface area is 264 Å². The molecule has 2 heterocycles. The molecule has 0 unspecified atom stereocenters. The maximum Gasteiger partial charge on any atom is 0.267 e. The summed E-state index contributed by atoms with van der Waals surface area (Å²) in [5, 5.41) is 12.3. The van der Waals surface area contributed by atoms with Gasteiger partial charge in [0.1, 0.15) is 11.5 Å². The van der Waals surface area contributed by atoms with Crippen molar-refractivity contribution in [3.8, 4) is 5.75 Å². The number of carbonyl (C=O) groups excluding carboxylic acids is 2. The number of carbonyl (C=O) groups is 2. The number of aryl methyl sites for hydroxylation is 1. The number of nitrogens with zero attached hydrogens (tertiary/aromatic N) is 4. The molecule has 9 nitrogen and oxygen atoms in total. The van der Waals surface area contributed by atoms with Crippen LogP contribution in [0.1, 0.15) is 22.5 Å². The largest absolute Gasteiger partial charge is 0.483 e. The van der Waals surface area contributed by atoms with Crippen LogP contribution in [0, 0.1) is 6.92 Å². The zero-order valence-corrected chi connectivity index (χ0v) is 25.9. The highest BCUT2D eigenvalue weighted by atomic mass is 35.5. The Morgan fingerprint density at radius 1 is 1.09 bits per heavy atom. The summed E-state index contributed by atoms with van der Waals surface area (Å²) in [4.78, 5) is 30.0. The van der Waals surface area contributed by atoms with Crippen molar-refractivity contribution in [1.82, 2.24) is 4.90 Å². The second kappa shape index (κ2) is 14.1. The third-order valence-electron chi connectivity index (χ3n) is 6.49. The lowest BCUT2D eigenvalue weighted by Gasteiger charge is -2.13. The predicted molar refractivity (Wildman–Crippen MR) is 177 cm³/mol. The van der Waals surface area contributed by atoms with Crippen LogP contribution in [0.5, 0.6) is 5.75 Å². The number of hydrogen-bond donors (Lipinski definition) is 1. The highest BCUT2D eigenvalue weighted by Gasteiger charge is 2.34. The lowest BCUT2D eigenvalue weighted by Crippen LogP contribution is -2.28. The molecular formula is C33H30ClN5O4S. The van der Waals surface area contributed by atoms with Crippen LogP contribution in [0.2, 0.25) is 5.02 Å². The minimum atomic E-state index is -0.318. The monoisotopic (exact) mass is 627 g/mol. The van der Waals surface area contributed by atoms with Crippen molar-refractivity contribution in [3.05, 3.63) is 118 Å². The van der Waals surface area contributed by atoms with Crippen LogP contribution >= 0.6 is 23.4 Å². The molecule has 44 heavy (non-hydrogen) atoms. The first-order valence-electron chi connectivity index (χ1n) is 13.7. The van der Waals surface area contributed by atoms with Crippen molar-refractivity contribution in [3.63, 3.8) is 0 Å².